The molecule has 0 aromatic heterocycles. The van der Waals surface area contributed by atoms with Gasteiger partial charge in [-0.15, -0.1) is 13.2 Å². The molecule has 0 spiro atoms. The summed E-state index contributed by atoms with van der Waals surface area (Å²) in [5.74, 6) is -0.0373. The second-order valence-electron chi connectivity index (χ2n) is 4.28. The zero-order valence-electron chi connectivity index (χ0n) is 9.95. The zero-order chi connectivity index (χ0) is 11.9. The summed E-state index contributed by atoms with van der Waals surface area (Å²) < 4.78 is 5.40. The van der Waals surface area contributed by atoms with Crippen LogP contribution in [0.1, 0.15) is 20.8 Å². The van der Waals surface area contributed by atoms with Crippen LogP contribution in [-0.4, -0.2) is 36.1 Å². The highest BCUT2D eigenvalue weighted by Gasteiger charge is 2.16. The van der Waals surface area contributed by atoms with E-state index in [1.54, 1.807) is 17.1 Å². The fourth-order valence-electron chi connectivity index (χ4n) is 0.959. The summed E-state index contributed by atoms with van der Waals surface area (Å²) in [4.78, 5) is 13.3. The SMILES string of the molecule is C=CCN(CC=C)C(=O)COC(C)(C)C. The predicted molar refractivity (Wildman–Crippen MR) is 62.7 cm³/mol. The van der Waals surface area contributed by atoms with Gasteiger partial charge >= 0.3 is 0 Å². The van der Waals surface area contributed by atoms with Gasteiger partial charge < -0.3 is 9.64 Å². The van der Waals surface area contributed by atoms with E-state index < -0.39 is 0 Å². The molecule has 15 heavy (non-hydrogen) atoms. The highest BCUT2D eigenvalue weighted by Crippen LogP contribution is 2.06. The van der Waals surface area contributed by atoms with Crippen molar-refractivity contribution in [2.45, 2.75) is 26.4 Å². The van der Waals surface area contributed by atoms with Gasteiger partial charge in [-0.1, -0.05) is 12.2 Å². The summed E-state index contributed by atoms with van der Waals surface area (Å²) in [6.07, 6.45) is 3.39. The third-order valence-corrected chi connectivity index (χ3v) is 1.68. The summed E-state index contributed by atoms with van der Waals surface area (Å²) in [5.41, 5.74) is -0.288. The highest BCUT2D eigenvalue weighted by molar-refractivity contribution is 5.77. The quantitative estimate of drug-likeness (QED) is 0.629. The van der Waals surface area contributed by atoms with Gasteiger partial charge in [-0.25, -0.2) is 0 Å². The molecule has 0 unspecified atom stereocenters. The van der Waals surface area contributed by atoms with Crippen molar-refractivity contribution in [1.82, 2.24) is 4.90 Å². The van der Waals surface area contributed by atoms with Crippen molar-refractivity contribution >= 4 is 5.91 Å². The molecular formula is C12H21NO2. The lowest BCUT2D eigenvalue weighted by Crippen LogP contribution is -2.36. The smallest absolute Gasteiger partial charge is 0.249 e. The van der Waals surface area contributed by atoms with Gasteiger partial charge in [-0.3, -0.25) is 4.79 Å². The lowest BCUT2D eigenvalue weighted by molar-refractivity contribution is -0.140. The average Bonchev–Trinajstić information content (AvgIpc) is 2.13. The van der Waals surface area contributed by atoms with Crippen LogP contribution in [0.3, 0.4) is 0 Å². The molecule has 0 aromatic rings. The Kier molecular flexibility index (Phi) is 5.94. The molecule has 0 saturated carbocycles. The maximum absolute atomic E-state index is 11.7. The van der Waals surface area contributed by atoms with Crippen LogP contribution in [0.25, 0.3) is 0 Å². The molecule has 1 amide bonds. The van der Waals surface area contributed by atoms with E-state index in [-0.39, 0.29) is 18.1 Å². The molecular weight excluding hydrogens is 190 g/mol. The molecule has 0 bridgehead atoms. The van der Waals surface area contributed by atoms with E-state index in [0.29, 0.717) is 13.1 Å². The number of rotatable bonds is 6. The minimum absolute atomic E-state index is 0.0373. The fourth-order valence-corrected chi connectivity index (χ4v) is 0.959. The number of ether oxygens (including phenoxy) is 1. The van der Waals surface area contributed by atoms with Crippen molar-refractivity contribution in [3.63, 3.8) is 0 Å². The Morgan fingerprint density at radius 1 is 1.27 bits per heavy atom. The van der Waals surface area contributed by atoms with E-state index in [0.717, 1.165) is 0 Å². The van der Waals surface area contributed by atoms with Crippen molar-refractivity contribution in [3.05, 3.63) is 25.3 Å². The lowest BCUT2D eigenvalue weighted by atomic mass is 10.2. The van der Waals surface area contributed by atoms with E-state index in [4.69, 9.17) is 4.74 Å². The van der Waals surface area contributed by atoms with Crippen molar-refractivity contribution < 1.29 is 9.53 Å². The van der Waals surface area contributed by atoms with Crippen molar-refractivity contribution in [1.29, 1.82) is 0 Å². The van der Waals surface area contributed by atoms with Crippen LogP contribution in [-0.2, 0) is 9.53 Å². The largest absolute Gasteiger partial charge is 0.366 e. The third-order valence-electron chi connectivity index (χ3n) is 1.68. The van der Waals surface area contributed by atoms with E-state index in [1.807, 2.05) is 20.8 Å². The van der Waals surface area contributed by atoms with Crippen LogP contribution in [0, 0.1) is 0 Å². The Labute approximate surface area is 92.4 Å². The topological polar surface area (TPSA) is 29.5 Å². The van der Waals surface area contributed by atoms with Crippen LogP contribution >= 0.6 is 0 Å². The van der Waals surface area contributed by atoms with Crippen LogP contribution in [0.4, 0.5) is 0 Å². The van der Waals surface area contributed by atoms with E-state index in [2.05, 4.69) is 13.2 Å². The summed E-state index contributed by atoms with van der Waals surface area (Å²) in [7, 11) is 0. The van der Waals surface area contributed by atoms with Crippen LogP contribution in [0.5, 0.6) is 0 Å². The number of hydrogen-bond donors (Lipinski definition) is 0. The van der Waals surface area contributed by atoms with Crippen molar-refractivity contribution in [2.24, 2.45) is 0 Å². The van der Waals surface area contributed by atoms with E-state index in [9.17, 15) is 4.79 Å². The van der Waals surface area contributed by atoms with Gasteiger partial charge in [-0.2, -0.15) is 0 Å². The molecule has 0 fully saturated rings. The minimum Gasteiger partial charge on any atom is -0.366 e. The molecule has 0 aliphatic heterocycles. The molecule has 86 valence electrons. The Bertz CT molecular complexity index is 218. The Hall–Kier alpha value is -1.09. The molecule has 0 aromatic carbocycles. The van der Waals surface area contributed by atoms with Crippen LogP contribution < -0.4 is 0 Å². The first-order valence-electron chi connectivity index (χ1n) is 5.04. The van der Waals surface area contributed by atoms with Crippen LogP contribution in [0.15, 0.2) is 25.3 Å². The first-order chi connectivity index (χ1) is 6.90. The Balaban J connectivity index is 4.13. The molecule has 3 nitrogen and oxygen atoms in total. The molecule has 0 aliphatic carbocycles. The lowest BCUT2D eigenvalue weighted by Gasteiger charge is -2.23. The minimum atomic E-state index is -0.288. The maximum atomic E-state index is 11.7. The molecule has 0 saturated heterocycles. The average molecular weight is 211 g/mol. The Morgan fingerprint density at radius 3 is 2.07 bits per heavy atom. The number of carbonyl (C=O) groups excluding carboxylic acids is 1. The monoisotopic (exact) mass is 211 g/mol. The first-order valence-corrected chi connectivity index (χ1v) is 5.04. The predicted octanol–water partition coefficient (Wildman–Crippen LogP) is 2.00. The first kappa shape index (κ1) is 13.9. The summed E-state index contributed by atoms with van der Waals surface area (Å²) >= 11 is 0. The van der Waals surface area contributed by atoms with Crippen molar-refractivity contribution in [2.75, 3.05) is 19.7 Å². The number of nitrogens with zero attached hydrogens (tertiary/aromatic N) is 1. The van der Waals surface area contributed by atoms with Gasteiger partial charge in [0.05, 0.1) is 5.60 Å². The van der Waals surface area contributed by atoms with Gasteiger partial charge in [0.15, 0.2) is 0 Å². The zero-order valence-corrected chi connectivity index (χ0v) is 9.95. The molecule has 0 rings (SSSR count). The molecule has 0 atom stereocenters. The standard InChI is InChI=1S/C12H21NO2/c1-6-8-13(9-7-2)11(14)10-15-12(3,4)5/h6-7H,1-2,8-10H2,3-5H3. The number of hydrogen-bond acceptors (Lipinski definition) is 2. The fraction of sp³-hybridized carbons (Fsp3) is 0.583. The number of amides is 1. The molecule has 0 aliphatic rings. The normalized spacial score (nSPS) is 10.9. The third kappa shape index (κ3) is 6.91. The second kappa shape index (κ2) is 6.40. The highest BCUT2D eigenvalue weighted by atomic mass is 16.5. The van der Waals surface area contributed by atoms with Gasteiger partial charge in [0.2, 0.25) is 5.91 Å². The summed E-state index contributed by atoms with van der Waals surface area (Å²) in [6.45, 7) is 14.1. The van der Waals surface area contributed by atoms with Gasteiger partial charge in [0.25, 0.3) is 0 Å². The molecule has 3 heteroatoms. The van der Waals surface area contributed by atoms with Gasteiger partial charge in [0.1, 0.15) is 6.61 Å². The molecule has 0 N–H and O–H groups in total. The Morgan fingerprint density at radius 2 is 1.73 bits per heavy atom. The van der Waals surface area contributed by atoms with Crippen molar-refractivity contribution in [3.8, 4) is 0 Å². The summed E-state index contributed by atoms with van der Waals surface area (Å²) in [5, 5.41) is 0. The van der Waals surface area contributed by atoms with Gasteiger partial charge in [0, 0.05) is 13.1 Å². The second-order valence-corrected chi connectivity index (χ2v) is 4.28. The number of carbonyl (C=O) groups is 1. The molecule has 0 heterocycles. The molecule has 0 radical (unpaired) electrons. The van der Waals surface area contributed by atoms with E-state index in [1.165, 1.54) is 0 Å². The van der Waals surface area contributed by atoms with Gasteiger partial charge in [-0.05, 0) is 20.8 Å². The maximum Gasteiger partial charge on any atom is 0.249 e. The summed E-state index contributed by atoms with van der Waals surface area (Å²) in [6, 6.07) is 0. The van der Waals surface area contributed by atoms with Crippen LogP contribution in [0.2, 0.25) is 0 Å². The van der Waals surface area contributed by atoms with E-state index >= 15 is 0 Å².